The fourth-order valence-electron chi connectivity index (χ4n) is 0.300. The largest absolute Gasteiger partial charge is 0.391 e. The van der Waals surface area contributed by atoms with Crippen molar-refractivity contribution in [3.05, 3.63) is 0 Å². The minimum Gasteiger partial charge on any atom is -0.391 e. The molecule has 0 atom stereocenters. The van der Waals surface area contributed by atoms with Crippen LogP contribution in [-0.4, -0.2) is 43.9 Å². The molecule has 0 spiro atoms. The number of hydrogen-bond donors (Lipinski definition) is 1. The molecule has 0 aromatic heterocycles. The number of aliphatic hydroxyl groups is 1. The molecule has 3 nitrogen and oxygen atoms in total. The Morgan fingerprint density at radius 1 is 1.25 bits per heavy atom. The van der Waals surface area contributed by atoms with Gasteiger partial charge in [0.05, 0.1) is 27.7 Å². The molecule has 1 N–H and O–H groups in total. The van der Waals surface area contributed by atoms with Crippen molar-refractivity contribution in [1.82, 2.24) is 0 Å². The lowest BCUT2D eigenvalue weighted by atomic mass is 10.5. The van der Waals surface area contributed by atoms with E-state index in [1.54, 1.807) is 0 Å². The molecule has 0 fully saturated rings. The first-order valence-electron chi connectivity index (χ1n) is 3.16. The summed E-state index contributed by atoms with van der Waals surface area (Å²) in [6, 6.07) is 0. The number of likely N-dealkylation sites (N-methyl/N-ethyl adjacent to an activating group) is 1. The Hall–Kier alpha value is 1.02. The highest BCUT2D eigenvalue weighted by molar-refractivity contribution is 8.24. The minimum absolute atomic E-state index is 0.281. The van der Waals surface area contributed by atoms with E-state index in [2.05, 4.69) is 54.9 Å². The van der Waals surface area contributed by atoms with Crippen molar-refractivity contribution < 1.29 is 14.2 Å². The second kappa shape index (κ2) is 6.47. The molecule has 0 aliphatic carbocycles. The van der Waals surface area contributed by atoms with Gasteiger partial charge in [-0.3, -0.25) is 4.57 Å². The van der Waals surface area contributed by atoms with Gasteiger partial charge in [0.1, 0.15) is 6.54 Å². The van der Waals surface area contributed by atoms with E-state index in [1.165, 1.54) is 0 Å². The van der Waals surface area contributed by atoms with E-state index in [0.717, 1.165) is 11.0 Å². The van der Waals surface area contributed by atoms with Crippen LogP contribution in [0.15, 0.2) is 0 Å². The maximum atomic E-state index is 9.51. The Kier molecular flexibility index (Phi) is 8.35. The summed E-state index contributed by atoms with van der Waals surface area (Å²) in [5.74, 6) is 0. The summed E-state index contributed by atoms with van der Waals surface area (Å²) >= 11 is 13.8. The van der Waals surface area contributed by atoms with E-state index < -0.39 is 5.20 Å². The fraction of sp³-hybridized carbons (Fsp3) is 1.00. The van der Waals surface area contributed by atoms with Crippen LogP contribution in [0.1, 0.15) is 0 Å². The number of halogens is 3. The third-order valence-electron chi connectivity index (χ3n) is 0.771. The zero-order valence-electron chi connectivity index (χ0n) is 7.30. The molecular weight excluding hydrogens is 243 g/mol. The summed E-state index contributed by atoms with van der Waals surface area (Å²) in [6.45, 7) is 1.11. The third kappa shape index (κ3) is 43.9. The van der Waals surface area contributed by atoms with E-state index in [0.29, 0.717) is 0 Å². The molecule has 12 heavy (non-hydrogen) atoms. The Morgan fingerprint density at radius 3 is 1.50 bits per heavy atom. The maximum absolute atomic E-state index is 9.51. The van der Waals surface area contributed by atoms with Crippen molar-refractivity contribution in [2.45, 2.75) is 0 Å². The number of quaternary nitrogens is 1. The van der Waals surface area contributed by atoms with Crippen LogP contribution in [-0.2, 0) is 4.57 Å². The van der Waals surface area contributed by atoms with Crippen LogP contribution in [0.25, 0.3) is 0 Å². The van der Waals surface area contributed by atoms with Gasteiger partial charge in [-0.1, -0.05) is 0 Å². The molecule has 0 amide bonds. The van der Waals surface area contributed by atoms with Crippen LogP contribution < -0.4 is 0 Å². The van der Waals surface area contributed by atoms with Gasteiger partial charge in [-0.05, 0) is 33.7 Å². The zero-order chi connectivity index (χ0) is 10.4. The van der Waals surface area contributed by atoms with Gasteiger partial charge in [-0.2, -0.15) is 0 Å². The average molecular weight is 258 g/mol. The maximum Gasteiger partial charge on any atom is 0.339 e. The van der Waals surface area contributed by atoms with Gasteiger partial charge in [0.2, 0.25) is 0 Å². The molecule has 7 heteroatoms. The SMILES string of the molecule is C[N+](C)(C)CCO.O=P(Cl)(Cl)Cl. The molecule has 0 aromatic rings. The van der Waals surface area contributed by atoms with E-state index in [1.807, 2.05) is 0 Å². The standard InChI is InChI=1S/C5H14NO.Cl3OP/c1-6(2,3)4-5-7;1-5(2,3)4/h7H,4-5H2,1-3H3;/q+1;. The highest BCUT2D eigenvalue weighted by Crippen LogP contribution is 2.61. The zero-order valence-corrected chi connectivity index (χ0v) is 10.5. The molecule has 0 bridgehead atoms. The molecular formula is C5H14Cl3NO2P+. The lowest BCUT2D eigenvalue weighted by Crippen LogP contribution is -2.36. The second-order valence-electron chi connectivity index (χ2n) is 3.14. The summed E-state index contributed by atoms with van der Waals surface area (Å²) in [4.78, 5) is 0. The summed E-state index contributed by atoms with van der Waals surface area (Å²) in [6.07, 6.45) is 0. The number of aliphatic hydroxyl groups excluding tert-OH is 1. The van der Waals surface area contributed by atoms with Crippen molar-refractivity contribution >= 4 is 38.9 Å². The fourth-order valence-corrected chi connectivity index (χ4v) is 0.300. The van der Waals surface area contributed by atoms with Crippen molar-refractivity contribution in [1.29, 1.82) is 0 Å². The van der Waals surface area contributed by atoms with E-state index in [9.17, 15) is 4.57 Å². The first-order chi connectivity index (χ1) is 5.06. The van der Waals surface area contributed by atoms with Crippen LogP contribution in [0.5, 0.6) is 0 Å². The monoisotopic (exact) mass is 256 g/mol. The minimum atomic E-state index is -3.22. The summed E-state index contributed by atoms with van der Waals surface area (Å²) < 4.78 is 10.4. The van der Waals surface area contributed by atoms with Gasteiger partial charge < -0.3 is 9.59 Å². The highest BCUT2D eigenvalue weighted by atomic mass is 36.0. The van der Waals surface area contributed by atoms with Crippen molar-refractivity contribution in [2.24, 2.45) is 0 Å². The van der Waals surface area contributed by atoms with Crippen LogP contribution in [0.4, 0.5) is 0 Å². The number of rotatable bonds is 2. The molecule has 0 heterocycles. The first-order valence-corrected chi connectivity index (χ1v) is 7.59. The molecule has 0 radical (unpaired) electrons. The molecule has 0 aliphatic heterocycles. The Morgan fingerprint density at radius 2 is 1.50 bits per heavy atom. The number of hydrogen-bond acceptors (Lipinski definition) is 2. The van der Waals surface area contributed by atoms with Crippen LogP contribution in [0.2, 0.25) is 0 Å². The number of nitrogens with zero attached hydrogens (tertiary/aromatic N) is 1. The molecule has 0 unspecified atom stereocenters. The second-order valence-corrected chi connectivity index (χ2v) is 9.78. The van der Waals surface area contributed by atoms with Crippen LogP contribution >= 0.6 is 38.9 Å². The van der Waals surface area contributed by atoms with Gasteiger partial charge in [-0.15, -0.1) is 0 Å². The quantitative estimate of drug-likeness (QED) is 0.609. The Labute approximate surface area is 87.5 Å². The molecule has 0 saturated heterocycles. The summed E-state index contributed by atoms with van der Waals surface area (Å²) in [5.41, 5.74) is 0. The molecule has 0 aromatic carbocycles. The molecule has 76 valence electrons. The van der Waals surface area contributed by atoms with Crippen molar-refractivity contribution in [2.75, 3.05) is 34.3 Å². The summed E-state index contributed by atoms with van der Waals surface area (Å²) in [5, 5.41) is 5.16. The van der Waals surface area contributed by atoms with Crippen molar-refractivity contribution in [3.8, 4) is 0 Å². The smallest absolute Gasteiger partial charge is 0.339 e. The van der Waals surface area contributed by atoms with Gasteiger partial charge in [0.25, 0.3) is 0 Å². The average Bonchev–Trinajstić information content (AvgIpc) is 1.54. The predicted molar refractivity (Wildman–Crippen MR) is 55.2 cm³/mol. The topological polar surface area (TPSA) is 37.3 Å². The predicted octanol–water partition coefficient (Wildman–Crippen LogP) is 2.50. The van der Waals surface area contributed by atoms with Gasteiger partial charge in [0, 0.05) is 0 Å². The van der Waals surface area contributed by atoms with Gasteiger partial charge >= 0.3 is 5.20 Å². The van der Waals surface area contributed by atoms with Crippen LogP contribution in [0, 0.1) is 0 Å². The molecule has 0 rings (SSSR count). The van der Waals surface area contributed by atoms with Crippen molar-refractivity contribution in [3.63, 3.8) is 0 Å². The lowest BCUT2D eigenvalue weighted by molar-refractivity contribution is -0.870. The Bertz CT molecular complexity index is 145. The first kappa shape index (κ1) is 15.5. The van der Waals surface area contributed by atoms with Gasteiger partial charge in [-0.25, -0.2) is 0 Å². The van der Waals surface area contributed by atoms with E-state index >= 15 is 0 Å². The van der Waals surface area contributed by atoms with E-state index in [4.69, 9.17) is 5.11 Å². The lowest BCUT2D eigenvalue weighted by Gasteiger charge is -2.21. The molecule has 0 saturated carbocycles. The van der Waals surface area contributed by atoms with Crippen LogP contribution in [0.3, 0.4) is 0 Å². The van der Waals surface area contributed by atoms with E-state index in [-0.39, 0.29) is 6.61 Å². The summed E-state index contributed by atoms with van der Waals surface area (Å²) in [7, 11) is 6.16. The normalized spacial score (nSPS) is 11.9. The molecule has 0 aliphatic rings. The highest BCUT2D eigenvalue weighted by Gasteiger charge is 2.03. The third-order valence-corrected chi connectivity index (χ3v) is 0.771. The Balaban J connectivity index is 0. The van der Waals surface area contributed by atoms with Gasteiger partial charge in [0.15, 0.2) is 0 Å².